The molecule has 7 heteroatoms. The highest BCUT2D eigenvalue weighted by Crippen LogP contribution is 2.33. The Kier molecular flexibility index (Phi) is 3.63. The van der Waals surface area contributed by atoms with E-state index in [9.17, 15) is 9.90 Å². The summed E-state index contributed by atoms with van der Waals surface area (Å²) in [7, 11) is 0. The lowest BCUT2D eigenvalue weighted by Crippen LogP contribution is -2.22. The van der Waals surface area contributed by atoms with Crippen LogP contribution in [0.1, 0.15) is 17.7 Å². The first-order valence-electron chi connectivity index (χ1n) is 7.42. The monoisotopic (exact) mass is 346 g/mol. The normalized spacial score (nSPS) is 19.9. The van der Waals surface area contributed by atoms with Gasteiger partial charge in [-0.05, 0) is 31.1 Å². The molecule has 5 nitrogen and oxygen atoms in total. The molecule has 0 unspecified atom stereocenters. The zero-order valence-corrected chi connectivity index (χ0v) is 13.8. The summed E-state index contributed by atoms with van der Waals surface area (Å²) in [5.41, 5.74) is 0.431. The molecule has 0 saturated carbocycles. The predicted molar refractivity (Wildman–Crippen MR) is 88.5 cm³/mol. The van der Waals surface area contributed by atoms with Gasteiger partial charge in [-0.15, -0.1) is 11.3 Å². The fourth-order valence-electron chi connectivity index (χ4n) is 3.00. The van der Waals surface area contributed by atoms with Crippen molar-refractivity contribution in [2.24, 2.45) is 4.99 Å². The molecule has 3 heterocycles. The number of carbonyl (C=O) groups is 1. The largest absolute Gasteiger partial charge is 0.493 e. The fourth-order valence-corrected chi connectivity index (χ4v) is 4.35. The summed E-state index contributed by atoms with van der Waals surface area (Å²) in [4.78, 5) is 16.8. The molecular weight excluding hydrogens is 332 g/mol. The Morgan fingerprint density at radius 2 is 2.26 bits per heavy atom. The summed E-state index contributed by atoms with van der Waals surface area (Å²) in [5.74, 6) is -0.298. The number of rotatable bonds is 3. The van der Waals surface area contributed by atoms with Crippen molar-refractivity contribution in [3.05, 3.63) is 43.7 Å². The highest BCUT2D eigenvalue weighted by molar-refractivity contribution is 7.73. The van der Waals surface area contributed by atoms with E-state index in [0.717, 1.165) is 24.7 Å². The first-order valence-corrected chi connectivity index (χ1v) is 8.64. The van der Waals surface area contributed by atoms with Crippen LogP contribution in [0.15, 0.2) is 29.3 Å². The molecule has 23 heavy (non-hydrogen) atoms. The molecule has 1 fully saturated rings. The van der Waals surface area contributed by atoms with Crippen molar-refractivity contribution in [3.8, 4) is 5.88 Å². The quantitative estimate of drug-likeness (QED) is 0.856. The van der Waals surface area contributed by atoms with Crippen LogP contribution in [-0.2, 0) is 16.1 Å². The Morgan fingerprint density at radius 1 is 1.43 bits per heavy atom. The molecule has 0 aliphatic carbocycles. The van der Waals surface area contributed by atoms with E-state index >= 15 is 0 Å². The third kappa shape index (κ3) is 2.45. The van der Waals surface area contributed by atoms with Crippen molar-refractivity contribution in [2.75, 3.05) is 6.61 Å². The second-order valence-electron chi connectivity index (χ2n) is 5.58. The van der Waals surface area contributed by atoms with Gasteiger partial charge < -0.3 is 9.84 Å². The van der Waals surface area contributed by atoms with Crippen molar-refractivity contribution < 1.29 is 14.6 Å². The number of nitrogens with zero attached hydrogens (tertiary/aromatic N) is 2. The van der Waals surface area contributed by atoms with Crippen molar-refractivity contribution in [2.45, 2.75) is 25.5 Å². The van der Waals surface area contributed by atoms with E-state index in [1.165, 1.54) is 11.3 Å². The van der Waals surface area contributed by atoms with Crippen LogP contribution in [0.5, 0.6) is 5.88 Å². The lowest BCUT2D eigenvalue weighted by molar-refractivity contribution is -0.112. The van der Waals surface area contributed by atoms with Crippen LogP contribution < -0.4 is 10.6 Å². The highest BCUT2D eigenvalue weighted by Gasteiger charge is 2.26. The van der Waals surface area contributed by atoms with Gasteiger partial charge in [-0.1, -0.05) is 18.2 Å². The summed E-state index contributed by atoms with van der Waals surface area (Å²) < 4.78 is 7.81. The van der Waals surface area contributed by atoms with Gasteiger partial charge in [-0.3, -0.25) is 9.36 Å². The van der Waals surface area contributed by atoms with E-state index in [1.807, 2.05) is 18.2 Å². The van der Waals surface area contributed by atoms with Crippen molar-refractivity contribution in [1.82, 2.24) is 4.57 Å². The Morgan fingerprint density at radius 3 is 3.04 bits per heavy atom. The minimum Gasteiger partial charge on any atom is -0.493 e. The molecule has 1 saturated heterocycles. The van der Waals surface area contributed by atoms with Gasteiger partial charge >= 0.3 is 0 Å². The average molecular weight is 346 g/mol. The second-order valence-corrected chi connectivity index (χ2v) is 7.22. The van der Waals surface area contributed by atoms with E-state index in [4.69, 9.17) is 17.0 Å². The zero-order valence-electron chi connectivity index (χ0n) is 12.2. The van der Waals surface area contributed by atoms with Crippen LogP contribution in [-0.4, -0.2) is 28.3 Å². The number of ether oxygens (including phenoxy) is 1. The van der Waals surface area contributed by atoms with E-state index in [0.29, 0.717) is 26.3 Å². The number of thiazole rings is 1. The number of para-hydroxylation sites is 1. The molecule has 1 N–H and O–H groups in total. The number of hydrogen-bond acceptors (Lipinski definition) is 5. The molecule has 1 aromatic heterocycles. The fraction of sp³-hybridized carbons (Fsp3) is 0.312. The molecule has 4 rings (SSSR count). The maximum absolute atomic E-state index is 12.3. The Bertz CT molecular complexity index is 968. The lowest BCUT2D eigenvalue weighted by Gasteiger charge is -2.11. The summed E-state index contributed by atoms with van der Waals surface area (Å²) in [6, 6.07) is 7.32. The molecule has 0 radical (unpaired) electrons. The van der Waals surface area contributed by atoms with Crippen LogP contribution >= 0.6 is 23.6 Å². The van der Waals surface area contributed by atoms with Gasteiger partial charge in [0.2, 0.25) is 5.88 Å². The molecule has 2 aliphatic rings. The van der Waals surface area contributed by atoms with Crippen LogP contribution in [0.25, 0.3) is 5.57 Å². The van der Waals surface area contributed by atoms with Crippen LogP contribution in [0, 0.1) is 3.95 Å². The van der Waals surface area contributed by atoms with E-state index in [1.54, 1.807) is 10.6 Å². The molecule has 118 valence electrons. The smallest absolute Gasteiger partial charge is 0.279 e. The van der Waals surface area contributed by atoms with Crippen LogP contribution in [0.2, 0.25) is 0 Å². The van der Waals surface area contributed by atoms with Gasteiger partial charge in [0.25, 0.3) is 5.91 Å². The van der Waals surface area contributed by atoms with Crippen molar-refractivity contribution >= 4 is 35.0 Å². The molecule has 2 aliphatic heterocycles. The number of aromatic nitrogens is 1. The molecule has 0 bridgehead atoms. The number of hydrogen-bond donors (Lipinski definition) is 1. The van der Waals surface area contributed by atoms with Crippen molar-refractivity contribution in [3.63, 3.8) is 0 Å². The zero-order chi connectivity index (χ0) is 16.0. The van der Waals surface area contributed by atoms with Gasteiger partial charge in [0.15, 0.2) is 3.95 Å². The number of carbonyl (C=O) groups excluding carboxylic acids is 1. The minimum atomic E-state index is -0.331. The average Bonchev–Trinajstić information content (AvgIpc) is 3.21. The summed E-state index contributed by atoms with van der Waals surface area (Å²) >= 11 is 6.62. The second kappa shape index (κ2) is 5.67. The van der Waals surface area contributed by atoms with Gasteiger partial charge in [0.1, 0.15) is 4.88 Å². The standard InChI is InChI=1S/C16H14N2O3S2/c19-14-12(10-5-1-2-6-11(10)17-14)13-15(20)18(16(22)23-13)8-9-4-3-7-21-9/h1-2,5-6,9,20H,3-4,7-8H2/t9-/m0/s1. The molecule has 2 aromatic rings. The molecule has 1 aromatic carbocycles. The van der Waals surface area contributed by atoms with Gasteiger partial charge in [-0.2, -0.15) is 0 Å². The number of aromatic hydroxyl groups is 1. The Labute approximate surface area is 141 Å². The Balaban J connectivity index is 1.84. The lowest BCUT2D eigenvalue weighted by atomic mass is 10.1. The van der Waals surface area contributed by atoms with Gasteiger partial charge in [0, 0.05) is 11.8 Å². The maximum atomic E-state index is 12.3. The van der Waals surface area contributed by atoms with E-state index in [2.05, 4.69) is 4.99 Å². The van der Waals surface area contributed by atoms with Gasteiger partial charge in [-0.25, -0.2) is 4.99 Å². The number of fused-ring (bicyclic) bond motifs is 1. The third-order valence-corrected chi connectivity index (χ3v) is 5.57. The number of amides is 1. The summed E-state index contributed by atoms with van der Waals surface area (Å²) in [6.07, 6.45) is 2.05. The molecule has 1 amide bonds. The summed E-state index contributed by atoms with van der Waals surface area (Å²) in [6.45, 7) is 1.26. The molecule has 1 atom stereocenters. The topological polar surface area (TPSA) is 63.8 Å². The maximum Gasteiger partial charge on any atom is 0.279 e. The SMILES string of the molecule is O=C1N=c2ccccc2=C1c1sc(=S)n(C[C@@H]2CCCO2)c1O. The number of benzene rings is 1. The van der Waals surface area contributed by atoms with E-state index in [-0.39, 0.29) is 17.9 Å². The van der Waals surface area contributed by atoms with Crippen LogP contribution in [0.3, 0.4) is 0 Å². The third-order valence-electron chi connectivity index (χ3n) is 4.12. The first-order chi connectivity index (χ1) is 11.1. The van der Waals surface area contributed by atoms with Crippen LogP contribution in [0.4, 0.5) is 0 Å². The van der Waals surface area contributed by atoms with E-state index < -0.39 is 0 Å². The molecular formula is C16H14N2O3S2. The van der Waals surface area contributed by atoms with Gasteiger partial charge in [0.05, 0.1) is 23.6 Å². The molecule has 0 spiro atoms. The summed E-state index contributed by atoms with van der Waals surface area (Å²) in [5, 5.41) is 12.0. The van der Waals surface area contributed by atoms with Crippen molar-refractivity contribution in [1.29, 1.82) is 0 Å². The minimum absolute atomic E-state index is 0.0331. The highest BCUT2D eigenvalue weighted by atomic mass is 32.1. The predicted octanol–water partition coefficient (Wildman–Crippen LogP) is 1.52. The Hall–Kier alpha value is -1.83. The first kappa shape index (κ1) is 14.7.